The number of nitrogens with two attached hydrogens (primary N) is 1. The van der Waals surface area contributed by atoms with Crippen molar-refractivity contribution >= 4 is 29.1 Å². The van der Waals surface area contributed by atoms with Crippen LogP contribution < -0.4 is 5.73 Å². The maximum absolute atomic E-state index is 12.8. The molecule has 0 saturated carbocycles. The summed E-state index contributed by atoms with van der Waals surface area (Å²) < 4.78 is 37.9. The minimum absolute atomic E-state index is 0.0153. The third kappa shape index (κ3) is 2.72. The fourth-order valence-corrected chi connectivity index (χ4v) is 1.61. The number of halogens is 4. The molecule has 0 saturated heterocycles. The SMILES string of the molecule is Nc1ccccc1SC(F)(F)[C@@H](F)Cl. The van der Waals surface area contributed by atoms with Crippen molar-refractivity contribution in [3.63, 3.8) is 0 Å². The number of thioether (sulfide) groups is 1. The topological polar surface area (TPSA) is 26.0 Å². The van der Waals surface area contributed by atoms with Crippen molar-refractivity contribution in [2.45, 2.75) is 15.8 Å². The first-order valence-corrected chi connectivity index (χ1v) is 4.88. The number of benzene rings is 1. The van der Waals surface area contributed by atoms with Crippen LogP contribution in [0.4, 0.5) is 18.9 Å². The van der Waals surface area contributed by atoms with Crippen LogP contribution in [0.25, 0.3) is 0 Å². The van der Waals surface area contributed by atoms with Gasteiger partial charge in [0.1, 0.15) is 0 Å². The lowest BCUT2D eigenvalue weighted by Crippen LogP contribution is -2.20. The molecular formula is C8H7ClF3NS. The summed E-state index contributed by atoms with van der Waals surface area (Å²) in [5, 5.41) is -3.67. The van der Waals surface area contributed by atoms with Crippen LogP contribution in [0.15, 0.2) is 29.2 Å². The Labute approximate surface area is 88.4 Å². The fraction of sp³-hybridized carbons (Fsp3) is 0.250. The Morgan fingerprint density at radius 1 is 1.36 bits per heavy atom. The normalized spacial score (nSPS) is 14.0. The van der Waals surface area contributed by atoms with Crippen LogP contribution in [0.1, 0.15) is 0 Å². The lowest BCUT2D eigenvalue weighted by Gasteiger charge is -2.16. The Bertz CT molecular complexity index is 319. The Morgan fingerprint density at radius 3 is 2.43 bits per heavy atom. The Hall–Kier alpha value is -0.550. The van der Waals surface area contributed by atoms with Gasteiger partial charge < -0.3 is 5.73 Å². The highest BCUT2D eigenvalue weighted by atomic mass is 35.5. The maximum atomic E-state index is 12.8. The molecule has 0 aliphatic rings. The molecule has 0 spiro atoms. The van der Waals surface area contributed by atoms with E-state index in [4.69, 9.17) is 17.3 Å². The molecule has 0 radical (unpaired) electrons. The van der Waals surface area contributed by atoms with Crippen molar-refractivity contribution in [1.29, 1.82) is 0 Å². The zero-order valence-electron chi connectivity index (χ0n) is 6.88. The molecule has 14 heavy (non-hydrogen) atoms. The zero-order chi connectivity index (χ0) is 10.8. The van der Waals surface area contributed by atoms with E-state index in [-0.39, 0.29) is 22.3 Å². The van der Waals surface area contributed by atoms with Crippen LogP contribution in [0.3, 0.4) is 0 Å². The van der Waals surface area contributed by atoms with Crippen LogP contribution in [-0.4, -0.2) is 10.9 Å². The molecule has 0 fully saturated rings. The lowest BCUT2D eigenvalue weighted by atomic mass is 10.3. The molecule has 6 heteroatoms. The van der Waals surface area contributed by atoms with Gasteiger partial charge in [0, 0.05) is 10.6 Å². The predicted molar refractivity (Wildman–Crippen MR) is 52.4 cm³/mol. The smallest absolute Gasteiger partial charge is 0.342 e. The number of alkyl halides is 4. The first kappa shape index (κ1) is 11.5. The highest BCUT2D eigenvalue weighted by Crippen LogP contribution is 2.42. The van der Waals surface area contributed by atoms with E-state index < -0.39 is 10.9 Å². The van der Waals surface area contributed by atoms with Crippen molar-refractivity contribution in [3.8, 4) is 0 Å². The standard InChI is InChI=1S/C8H7ClF3NS/c9-7(10)8(11,12)14-6-4-2-1-3-5(6)13/h1-4,7H,13H2/t7-/m1/s1. The van der Waals surface area contributed by atoms with Gasteiger partial charge in [-0.25, -0.2) is 4.39 Å². The first-order valence-electron chi connectivity index (χ1n) is 3.63. The van der Waals surface area contributed by atoms with E-state index in [0.717, 1.165) is 0 Å². The van der Waals surface area contributed by atoms with Crippen LogP contribution in [0.2, 0.25) is 0 Å². The van der Waals surface area contributed by atoms with E-state index in [1.54, 1.807) is 6.07 Å². The third-order valence-electron chi connectivity index (χ3n) is 1.42. The minimum atomic E-state index is -3.67. The van der Waals surface area contributed by atoms with Crippen LogP contribution in [0.5, 0.6) is 0 Å². The first-order chi connectivity index (χ1) is 6.43. The van der Waals surface area contributed by atoms with E-state index in [1.807, 2.05) is 0 Å². The Morgan fingerprint density at radius 2 is 1.93 bits per heavy atom. The van der Waals surface area contributed by atoms with E-state index in [0.29, 0.717) is 0 Å². The average Bonchev–Trinajstić information content (AvgIpc) is 2.08. The molecule has 1 aromatic carbocycles. The van der Waals surface area contributed by atoms with Crippen molar-refractivity contribution in [3.05, 3.63) is 24.3 Å². The van der Waals surface area contributed by atoms with Crippen molar-refractivity contribution < 1.29 is 13.2 Å². The second kappa shape index (κ2) is 4.31. The number of nitrogen functional groups attached to an aromatic ring is 1. The fourth-order valence-electron chi connectivity index (χ4n) is 0.765. The summed E-state index contributed by atoms with van der Waals surface area (Å²) in [5.74, 6) is 0. The molecule has 1 nitrogen and oxygen atoms in total. The van der Waals surface area contributed by atoms with Gasteiger partial charge in [-0.05, 0) is 23.9 Å². The molecule has 0 heterocycles. The highest BCUT2D eigenvalue weighted by molar-refractivity contribution is 8.00. The molecule has 0 aliphatic carbocycles. The molecule has 0 aromatic heterocycles. The lowest BCUT2D eigenvalue weighted by molar-refractivity contribution is 0.0537. The second-order valence-corrected chi connectivity index (χ2v) is 4.07. The van der Waals surface area contributed by atoms with Gasteiger partial charge in [-0.3, -0.25) is 0 Å². The largest absolute Gasteiger partial charge is 0.398 e. The van der Waals surface area contributed by atoms with E-state index in [1.165, 1.54) is 18.2 Å². The summed E-state index contributed by atoms with van der Waals surface area (Å²) in [5.41, 5.74) is 2.85. The summed E-state index contributed by atoms with van der Waals surface area (Å²) in [6.07, 6.45) is 0. The number of para-hydroxylation sites is 1. The average molecular weight is 242 g/mol. The molecular weight excluding hydrogens is 235 g/mol. The summed E-state index contributed by atoms with van der Waals surface area (Å²) in [7, 11) is 0. The summed E-state index contributed by atoms with van der Waals surface area (Å²) in [6, 6.07) is 5.98. The quantitative estimate of drug-likeness (QED) is 0.498. The summed E-state index contributed by atoms with van der Waals surface area (Å²) in [4.78, 5) is 0.112. The molecule has 0 unspecified atom stereocenters. The second-order valence-electron chi connectivity index (χ2n) is 2.50. The Balaban J connectivity index is 2.84. The van der Waals surface area contributed by atoms with Gasteiger partial charge in [0.2, 0.25) is 5.63 Å². The van der Waals surface area contributed by atoms with Gasteiger partial charge in [-0.2, -0.15) is 8.78 Å². The van der Waals surface area contributed by atoms with Crippen LogP contribution in [-0.2, 0) is 0 Å². The molecule has 0 aliphatic heterocycles. The highest BCUT2D eigenvalue weighted by Gasteiger charge is 2.40. The Kier molecular flexibility index (Phi) is 3.55. The van der Waals surface area contributed by atoms with E-state index in [9.17, 15) is 13.2 Å². The summed E-state index contributed by atoms with van der Waals surface area (Å²) >= 11 is 4.71. The van der Waals surface area contributed by atoms with Gasteiger partial charge in [-0.1, -0.05) is 23.7 Å². The van der Waals surface area contributed by atoms with Gasteiger partial charge in [0.25, 0.3) is 0 Å². The number of anilines is 1. The molecule has 1 aromatic rings. The zero-order valence-corrected chi connectivity index (χ0v) is 8.46. The molecule has 2 N–H and O–H groups in total. The maximum Gasteiger partial charge on any atom is 0.342 e. The van der Waals surface area contributed by atoms with Crippen LogP contribution >= 0.6 is 23.4 Å². The molecule has 0 amide bonds. The van der Waals surface area contributed by atoms with Gasteiger partial charge in [0.05, 0.1) is 0 Å². The van der Waals surface area contributed by atoms with Gasteiger partial charge in [-0.15, -0.1) is 0 Å². The van der Waals surface area contributed by atoms with Gasteiger partial charge in [0.15, 0.2) is 0 Å². The molecule has 0 bridgehead atoms. The molecule has 1 rings (SSSR count). The monoisotopic (exact) mass is 241 g/mol. The number of hydrogen-bond donors (Lipinski definition) is 1. The predicted octanol–water partition coefficient (Wildman–Crippen LogP) is 3.49. The number of rotatable bonds is 3. The van der Waals surface area contributed by atoms with Crippen LogP contribution in [0, 0.1) is 0 Å². The van der Waals surface area contributed by atoms with Crippen molar-refractivity contribution in [2.75, 3.05) is 5.73 Å². The molecule has 78 valence electrons. The number of hydrogen-bond acceptors (Lipinski definition) is 2. The van der Waals surface area contributed by atoms with E-state index >= 15 is 0 Å². The van der Waals surface area contributed by atoms with Gasteiger partial charge >= 0.3 is 5.25 Å². The molecule has 1 atom stereocenters. The van der Waals surface area contributed by atoms with Crippen molar-refractivity contribution in [2.24, 2.45) is 0 Å². The summed E-state index contributed by atoms with van der Waals surface area (Å²) in [6.45, 7) is 0. The minimum Gasteiger partial charge on any atom is -0.398 e. The van der Waals surface area contributed by atoms with Crippen molar-refractivity contribution in [1.82, 2.24) is 0 Å². The van der Waals surface area contributed by atoms with E-state index in [2.05, 4.69) is 0 Å². The third-order valence-corrected chi connectivity index (χ3v) is 2.89.